The van der Waals surface area contributed by atoms with Crippen molar-refractivity contribution in [1.82, 2.24) is 10.2 Å². The van der Waals surface area contributed by atoms with Crippen LogP contribution in [0, 0.1) is 34.3 Å². The third-order valence-electron chi connectivity index (χ3n) is 3.11. The smallest absolute Gasteiger partial charge is 0.335 e. The number of hydrogen-bond acceptors (Lipinski definition) is 7. The summed E-state index contributed by atoms with van der Waals surface area (Å²) < 4.78 is 25.6. The molecule has 10 heteroatoms. The Morgan fingerprint density at radius 3 is 2.15 bits per heavy atom. The van der Waals surface area contributed by atoms with Gasteiger partial charge in [-0.05, 0) is 36.4 Å². The second kappa shape index (κ2) is 8.47. The van der Waals surface area contributed by atoms with E-state index in [0.29, 0.717) is 15.7 Å². The van der Waals surface area contributed by atoms with Gasteiger partial charge in [0.1, 0.15) is 28.8 Å². The van der Waals surface area contributed by atoms with Crippen LogP contribution in [0.5, 0.6) is 0 Å². The van der Waals surface area contributed by atoms with Crippen molar-refractivity contribution in [2.24, 2.45) is 0 Å². The van der Waals surface area contributed by atoms with E-state index in [1.165, 1.54) is 29.5 Å². The predicted molar refractivity (Wildman–Crippen MR) is 92.5 cm³/mol. The number of nitrogens with two attached hydrogens (primary N) is 1. The van der Waals surface area contributed by atoms with E-state index < -0.39 is 17.6 Å². The Balaban J connectivity index is 0.000000199. The highest BCUT2D eigenvalue weighted by Crippen LogP contribution is 2.25. The molecule has 1 heterocycles. The minimum atomic E-state index is -1.17. The third kappa shape index (κ3) is 4.81. The van der Waals surface area contributed by atoms with Crippen LogP contribution in [0.25, 0.3) is 10.6 Å². The maximum absolute atomic E-state index is 13.0. The maximum atomic E-state index is 13.0. The van der Waals surface area contributed by atoms with Crippen LogP contribution >= 0.6 is 11.3 Å². The Morgan fingerprint density at radius 1 is 1.04 bits per heavy atom. The molecular weight excluding hydrogens is 376 g/mol. The van der Waals surface area contributed by atoms with Gasteiger partial charge in [0.25, 0.3) is 0 Å². The van der Waals surface area contributed by atoms with Gasteiger partial charge in [0.05, 0.1) is 16.7 Å². The van der Waals surface area contributed by atoms with E-state index in [1.54, 1.807) is 12.1 Å². The van der Waals surface area contributed by atoms with Crippen LogP contribution in [0.4, 0.5) is 13.9 Å². The molecule has 3 aromatic rings. The Morgan fingerprint density at radius 2 is 1.63 bits per heavy atom. The molecule has 0 aliphatic rings. The number of rotatable bonds is 2. The fourth-order valence-corrected chi connectivity index (χ4v) is 2.45. The van der Waals surface area contributed by atoms with Crippen molar-refractivity contribution in [2.45, 2.75) is 0 Å². The largest absolute Gasteiger partial charge is 0.478 e. The molecule has 1 aromatic heterocycles. The van der Waals surface area contributed by atoms with E-state index >= 15 is 0 Å². The summed E-state index contributed by atoms with van der Waals surface area (Å²) in [5, 5.41) is 33.8. The second-order valence-electron chi connectivity index (χ2n) is 4.86. The Hall–Kier alpha value is -3.89. The lowest BCUT2D eigenvalue weighted by molar-refractivity contribution is 0.0697. The summed E-state index contributed by atoms with van der Waals surface area (Å²) in [6.45, 7) is 0. The number of nitrogens with zero attached hydrogens (tertiary/aromatic N) is 4. The zero-order chi connectivity index (χ0) is 20.0. The Bertz CT molecular complexity index is 1090. The number of carbonyl (C=O) groups is 1. The average Bonchev–Trinajstić information content (AvgIpc) is 3.09. The number of aromatic carboxylic acids is 1. The molecule has 0 amide bonds. The van der Waals surface area contributed by atoms with Crippen molar-refractivity contribution < 1.29 is 18.7 Å². The van der Waals surface area contributed by atoms with E-state index in [1.807, 2.05) is 0 Å². The van der Waals surface area contributed by atoms with E-state index in [4.69, 9.17) is 21.4 Å². The molecule has 0 saturated heterocycles. The van der Waals surface area contributed by atoms with Crippen LogP contribution < -0.4 is 5.73 Å². The molecule has 7 nitrogen and oxygen atoms in total. The van der Waals surface area contributed by atoms with Gasteiger partial charge in [0.2, 0.25) is 5.13 Å². The molecule has 0 atom stereocenters. The minimum absolute atomic E-state index is 0.0127. The lowest BCUT2D eigenvalue weighted by Gasteiger charge is -1.96. The fraction of sp³-hybridized carbons (Fsp3) is 0. The van der Waals surface area contributed by atoms with Crippen molar-refractivity contribution in [2.75, 3.05) is 5.73 Å². The van der Waals surface area contributed by atoms with Crippen LogP contribution in [0.15, 0.2) is 36.4 Å². The van der Waals surface area contributed by atoms with Crippen molar-refractivity contribution in [3.05, 3.63) is 64.7 Å². The summed E-state index contributed by atoms with van der Waals surface area (Å²) >= 11 is 1.19. The first kappa shape index (κ1) is 19.4. The average molecular weight is 385 g/mol. The maximum Gasteiger partial charge on any atom is 0.335 e. The monoisotopic (exact) mass is 385 g/mol. The Kier molecular flexibility index (Phi) is 6.10. The highest BCUT2D eigenvalue weighted by atomic mass is 32.1. The van der Waals surface area contributed by atoms with Crippen molar-refractivity contribution >= 4 is 22.4 Å². The van der Waals surface area contributed by atoms with Gasteiger partial charge >= 0.3 is 5.97 Å². The molecule has 0 spiro atoms. The summed E-state index contributed by atoms with van der Waals surface area (Å²) in [6, 6.07) is 10.6. The lowest BCUT2D eigenvalue weighted by Crippen LogP contribution is -1.97. The molecule has 0 bridgehead atoms. The van der Waals surface area contributed by atoms with Crippen molar-refractivity contribution in [1.29, 1.82) is 10.5 Å². The summed E-state index contributed by atoms with van der Waals surface area (Å²) in [5.74, 6) is -2.42. The number of carboxylic acids is 1. The summed E-state index contributed by atoms with van der Waals surface area (Å²) in [7, 11) is 0. The number of aromatic nitrogens is 2. The van der Waals surface area contributed by atoms with Crippen LogP contribution in [-0.4, -0.2) is 21.3 Å². The van der Waals surface area contributed by atoms with Crippen LogP contribution in [0.2, 0.25) is 0 Å². The van der Waals surface area contributed by atoms with Gasteiger partial charge in [0, 0.05) is 5.56 Å². The summed E-state index contributed by atoms with van der Waals surface area (Å²) in [6.07, 6.45) is 0. The molecule has 134 valence electrons. The standard InChI is InChI=1S/C9H5FN4S.C8H4FNO2/c10-7-2-1-5(3-6(7)4-11)8-13-14-9(12)15-8;9-7-2-1-5(8(11)12)3-6(7)4-10/h1-3H,(H2,12,14);1-3H,(H,11,12). The number of halogens is 2. The number of carboxylic acid groups (broad SMARTS) is 1. The molecule has 3 N–H and O–H groups in total. The minimum Gasteiger partial charge on any atom is -0.478 e. The third-order valence-corrected chi connectivity index (χ3v) is 3.91. The van der Waals surface area contributed by atoms with Gasteiger partial charge in [0.15, 0.2) is 0 Å². The summed E-state index contributed by atoms with van der Waals surface area (Å²) in [5.41, 5.74) is 5.71. The molecule has 27 heavy (non-hydrogen) atoms. The number of benzene rings is 2. The van der Waals surface area contributed by atoms with Crippen molar-refractivity contribution in [3.8, 4) is 22.7 Å². The van der Waals surface area contributed by atoms with Gasteiger partial charge in [-0.3, -0.25) is 0 Å². The van der Waals surface area contributed by atoms with E-state index in [9.17, 15) is 13.6 Å². The zero-order valence-corrected chi connectivity index (χ0v) is 14.2. The summed E-state index contributed by atoms with van der Waals surface area (Å²) in [4.78, 5) is 10.3. The number of anilines is 1. The van der Waals surface area contributed by atoms with Gasteiger partial charge in [-0.2, -0.15) is 10.5 Å². The van der Waals surface area contributed by atoms with Crippen LogP contribution in [-0.2, 0) is 0 Å². The van der Waals surface area contributed by atoms with Gasteiger partial charge in [-0.15, -0.1) is 10.2 Å². The molecule has 3 rings (SSSR count). The first-order valence-electron chi connectivity index (χ1n) is 7.07. The normalized spacial score (nSPS) is 9.48. The molecular formula is C17H9F2N5O2S. The number of hydrogen-bond donors (Lipinski definition) is 2. The quantitative estimate of drug-likeness (QED) is 0.691. The fourth-order valence-electron chi connectivity index (χ4n) is 1.84. The highest BCUT2D eigenvalue weighted by Gasteiger charge is 2.08. The van der Waals surface area contributed by atoms with Crippen LogP contribution in [0.3, 0.4) is 0 Å². The molecule has 0 unspecified atom stereocenters. The topological polar surface area (TPSA) is 137 Å². The first-order chi connectivity index (χ1) is 12.8. The van der Waals surface area contributed by atoms with Crippen LogP contribution in [0.1, 0.15) is 21.5 Å². The molecule has 2 aromatic carbocycles. The van der Waals surface area contributed by atoms with Crippen molar-refractivity contribution in [3.63, 3.8) is 0 Å². The molecule has 0 aliphatic heterocycles. The predicted octanol–water partition coefficient (Wildman–Crippen LogP) is 3.19. The molecule has 0 fully saturated rings. The van der Waals surface area contributed by atoms with E-state index in [-0.39, 0.29) is 16.7 Å². The SMILES string of the molecule is N#Cc1cc(-c2nnc(N)s2)ccc1F.N#Cc1cc(C(=O)O)ccc1F. The lowest BCUT2D eigenvalue weighted by atomic mass is 10.1. The van der Waals surface area contributed by atoms with E-state index in [2.05, 4.69) is 10.2 Å². The molecule has 0 aliphatic carbocycles. The molecule has 0 saturated carbocycles. The highest BCUT2D eigenvalue weighted by molar-refractivity contribution is 7.18. The van der Waals surface area contributed by atoms with Gasteiger partial charge in [-0.25, -0.2) is 13.6 Å². The van der Waals surface area contributed by atoms with Gasteiger partial charge < -0.3 is 10.8 Å². The second-order valence-corrected chi connectivity index (χ2v) is 5.87. The number of nitrogen functional groups attached to an aromatic ring is 1. The zero-order valence-electron chi connectivity index (χ0n) is 13.3. The first-order valence-corrected chi connectivity index (χ1v) is 7.89. The Labute approximate surface area is 155 Å². The molecule has 0 radical (unpaired) electrons. The van der Waals surface area contributed by atoms with E-state index in [0.717, 1.165) is 18.2 Å². The number of nitriles is 2. The van der Waals surface area contributed by atoms with Gasteiger partial charge in [-0.1, -0.05) is 11.3 Å².